The summed E-state index contributed by atoms with van der Waals surface area (Å²) in [6.45, 7) is 11.1. The third-order valence-corrected chi connectivity index (χ3v) is 3.81. The fourth-order valence-corrected chi connectivity index (χ4v) is 2.54. The molecule has 0 amide bonds. The van der Waals surface area contributed by atoms with E-state index in [9.17, 15) is 4.79 Å². The van der Waals surface area contributed by atoms with Gasteiger partial charge in [-0.15, -0.1) is 0 Å². The van der Waals surface area contributed by atoms with Crippen LogP contribution in [-0.4, -0.2) is 25.7 Å². The number of nitrogens with one attached hydrogen (secondary N) is 1. The Hall–Kier alpha value is -0.570. The largest absolute Gasteiger partial charge is 0.465 e. The van der Waals surface area contributed by atoms with Crippen molar-refractivity contribution in [1.82, 2.24) is 5.32 Å². The van der Waals surface area contributed by atoms with Crippen LogP contribution in [0.15, 0.2) is 0 Å². The fraction of sp³-hybridized carbons (Fsp3) is 0.933. The average Bonchev–Trinajstić information content (AvgIpc) is 2.29. The molecule has 1 saturated heterocycles. The number of carbonyl (C=O) groups is 1. The molecule has 0 unspecified atom stereocenters. The summed E-state index contributed by atoms with van der Waals surface area (Å²) in [5.74, 6) is 0.0371. The van der Waals surface area contributed by atoms with Crippen molar-refractivity contribution < 1.29 is 9.53 Å². The van der Waals surface area contributed by atoms with Crippen LogP contribution < -0.4 is 5.32 Å². The number of piperidine rings is 1. The smallest absolute Gasteiger partial charge is 0.312 e. The summed E-state index contributed by atoms with van der Waals surface area (Å²) in [6.07, 6.45) is 4.79. The van der Waals surface area contributed by atoms with Gasteiger partial charge in [0.05, 0.1) is 12.0 Å². The van der Waals surface area contributed by atoms with Gasteiger partial charge < -0.3 is 10.1 Å². The first-order valence-electron chi connectivity index (χ1n) is 7.28. The lowest BCUT2D eigenvalue weighted by molar-refractivity contribution is -0.159. The molecular formula is C15H29NO2. The molecular weight excluding hydrogens is 226 g/mol. The van der Waals surface area contributed by atoms with Crippen LogP contribution in [0.5, 0.6) is 0 Å². The van der Waals surface area contributed by atoms with Crippen molar-refractivity contribution >= 4 is 5.97 Å². The van der Waals surface area contributed by atoms with Crippen LogP contribution in [0.4, 0.5) is 0 Å². The van der Waals surface area contributed by atoms with Crippen molar-refractivity contribution in [3.8, 4) is 0 Å². The fourth-order valence-electron chi connectivity index (χ4n) is 2.54. The highest BCUT2D eigenvalue weighted by Crippen LogP contribution is 2.35. The van der Waals surface area contributed by atoms with Crippen molar-refractivity contribution in [1.29, 1.82) is 0 Å². The third-order valence-electron chi connectivity index (χ3n) is 3.81. The Morgan fingerprint density at radius 3 is 2.39 bits per heavy atom. The van der Waals surface area contributed by atoms with E-state index in [1.54, 1.807) is 0 Å². The maximum Gasteiger partial charge on any atom is 0.312 e. The Balaban J connectivity index is 2.49. The van der Waals surface area contributed by atoms with E-state index in [1.807, 2.05) is 0 Å². The summed E-state index contributed by atoms with van der Waals surface area (Å²) >= 11 is 0. The van der Waals surface area contributed by atoms with Gasteiger partial charge in [-0.05, 0) is 44.2 Å². The predicted octanol–water partition coefficient (Wildman–Crippen LogP) is 3.14. The first-order valence-corrected chi connectivity index (χ1v) is 7.28. The second kappa shape index (κ2) is 6.55. The van der Waals surface area contributed by atoms with E-state index in [0.29, 0.717) is 6.61 Å². The van der Waals surface area contributed by atoms with Gasteiger partial charge in [0.25, 0.3) is 0 Å². The van der Waals surface area contributed by atoms with Crippen LogP contribution in [0, 0.1) is 10.8 Å². The van der Waals surface area contributed by atoms with Gasteiger partial charge in [-0.2, -0.15) is 0 Å². The minimum atomic E-state index is -0.210. The number of ether oxygens (including phenoxy) is 1. The highest BCUT2D eigenvalue weighted by Gasteiger charge is 2.40. The quantitative estimate of drug-likeness (QED) is 0.767. The van der Waals surface area contributed by atoms with Gasteiger partial charge in [0.15, 0.2) is 0 Å². The number of hydrogen-bond donors (Lipinski definition) is 1. The van der Waals surface area contributed by atoms with E-state index < -0.39 is 0 Å². The molecule has 0 aromatic heterocycles. The Morgan fingerprint density at radius 2 is 1.89 bits per heavy atom. The maximum atomic E-state index is 12.3. The minimum absolute atomic E-state index is 0.0371. The Labute approximate surface area is 112 Å². The van der Waals surface area contributed by atoms with E-state index in [4.69, 9.17) is 4.74 Å². The molecule has 0 aliphatic carbocycles. The van der Waals surface area contributed by atoms with Gasteiger partial charge in [-0.3, -0.25) is 4.79 Å². The third kappa shape index (κ3) is 4.60. The zero-order valence-corrected chi connectivity index (χ0v) is 12.5. The zero-order valence-electron chi connectivity index (χ0n) is 12.5. The van der Waals surface area contributed by atoms with Crippen LogP contribution in [-0.2, 0) is 9.53 Å². The van der Waals surface area contributed by atoms with Crippen molar-refractivity contribution in [3.63, 3.8) is 0 Å². The highest BCUT2D eigenvalue weighted by atomic mass is 16.5. The van der Waals surface area contributed by atoms with Crippen LogP contribution in [0.25, 0.3) is 0 Å². The van der Waals surface area contributed by atoms with Crippen molar-refractivity contribution in [2.45, 2.75) is 59.8 Å². The predicted molar refractivity (Wildman–Crippen MR) is 74.5 cm³/mol. The Morgan fingerprint density at radius 1 is 1.28 bits per heavy atom. The Bertz CT molecular complexity index is 257. The molecule has 0 atom stereocenters. The van der Waals surface area contributed by atoms with Crippen LogP contribution in [0.1, 0.15) is 59.8 Å². The van der Waals surface area contributed by atoms with Gasteiger partial charge >= 0.3 is 5.97 Å². The lowest BCUT2D eigenvalue weighted by Gasteiger charge is -2.35. The average molecular weight is 255 g/mol. The first-order chi connectivity index (χ1) is 8.40. The van der Waals surface area contributed by atoms with E-state index in [0.717, 1.165) is 45.2 Å². The lowest BCUT2D eigenvalue weighted by atomic mass is 9.75. The molecule has 106 valence electrons. The molecule has 3 nitrogen and oxygen atoms in total. The van der Waals surface area contributed by atoms with E-state index in [-0.39, 0.29) is 16.8 Å². The second-order valence-electron chi connectivity index (χ2n) is 6.73. The summed E-state index contributed by atoms with van der Waals surface area (Å²) in [5, 5.41) is 3.33. The van der Waals surface area contributed by atoms with Gasteiger partial charge in [0.2, 0.25) is 0 Å². The standard InChI is InChI=1S/C15H29NO2/c1-5-6-15(7-10-16-11-8-15)13(17)18-12-9-14(2,3)4/h16H,5-12H2,1-4H3. The van der Waals surface area contributed by atoms with Crippen molar-refractivity contribution in [2.75, 3.05) is 19.7 Å². The van der Waals surface area contributed by atoms with E-state index in [2.05, 4.69) is 33.0 Å². The molecule has 1 heterocycles. The SMILES string of the molecule is CCCC1(C(=O)OCCC(C)(C)C)CCNCC1. The summed E-state index contributed by atoms with van der Waals surface area (Å²) in [5.41, 5.74) is 0.0181. The van der Waals surface area contributed by atoms with Crippen LogP contribution >= 0.6 is 0 Å². The molecule has 3 heteroatoms. The summed E-state index contributed by atoms with van der Waals surface area (Å²) in [4.78, 5) is 12.3. The monoisotopic (exact) mass is 255 g/mol. The molecule has 0 aromatic rings. The zero-order chi connectivity index (χ0) is 13.6. The molecule has 1 rings (SSSR count). The number of esters is 1. The number of hydrogen-bond acceptors (Lipinski definition) is 3. The number of carbonyl (C=O) groups excluding carboxylic acids is 1. The second-order valence-corrected chi connectivity index (χ2v) is 6.73. The Kier molecular flexibility index (Phi) is 5.64. The topological polar surface area (TPSA) is 38.3 Å². The first kappa shape index (κ1) is 15.5. The molecule has 18 heavy (non-hydrogen) atoms. The molecule has 0 bridgehead atoms. The van der Waals surface area contributed by atoms with E-state index >= 15 is 0 Å². The maximum absolute atomic E-state index is 12.3. The molecule has 0 spiro atoms. The van der Waals surface area contributed by atoms with Gasteiger partial charge in [0, 0.05) is 0 Å². The molecule has 1 fully saturated rings. The van der Waals surface area contributed by atoms with Gasteiger partial charge in [0.1, 0.15) is 0 Å². The van der Waals surface area contributed by atoms with Crippen LogP contribution in [0.2, 0.25) is 0 Å². The highest BCUT2D eigenvalue weighted by molar-refractivity contribution is 5.77. The minimum Gasteiger partial charge on any atom is -0.465 e. The normalized spacial score (nSPS) is 19.6. The van der Waals surface area contributed by atoms with Gasteiger partial charge in [-0.25, -0.2) is 0 Å². The van der Waals surface area contributed by atoms with Crippen molar-refractivity contribution in [3.05, 3.63) is 0 Å². The summed E-state index contributed by atoms with van der Waals surface area (Å²) < 4.78 is 5.55. The van der Waals surface area contributed by atoms with Crippen LogP contribution in [0.3, 0.4) is 0 Å². The molecule has 0 saturated carbocycles. The summed E-state index contributed by atoms with van der Waals surface area (Å²) in [6, 6.07) is 0. The molecule has 0 aromatic carbocycles. The molecule has 0 radical (unpaired) electrons. The molecule has 1 N–H and O–H groups in total. The summed E-state index contributed by atoms with van der Waals surface area (Å²) in [7, 11) is 0. The van der Waals surface area contributed by atoms with Crippen molar-refractivity contribution in [2.24, 2.45) is 10.8 Å². The van der Waals surface area contributed by atoms with Gasteiger partial charge in [-0.1, -0.05) is 34.1 Å². The lowest BCUT2D eigenvalue weighted by Crippen LogP contribution is -2.43. The molecule has 1 aliphatic heterocycles. The van der Waals surface area contributed by atoms with E-state index in [1.165, 1.54) is 0 Å². The number of rotatable bonds is 5. The molecule has 1 aliphatic rings.